The predicted molar refractivity (Wildman–Crippen MR) is 83.2 cm³/mol. The number of nitrogens with one attached hydrogen (secondary N) is 1. The minimum atomic E-state index is -0.0385. The van der Waals surface area contributed by atoms with Crippen molar-refractivity contribution in [3.63, 3.8) is 0 Å². The van der Waals surface area contributed by atoms with Crippen LogP contribution in [-0.2, 0) is 13.0 Å². The lowest BCUT2D eigenvalue weighted by Crippen LogP contribution is -2.30. The van der Waals surface area contributed by atoms with E-state index in [-0.39, 0.29) is 6.04 Å². The first-order valence-corrected chi connectivity index (χ1v) is 7.60. The highest BCUT2D eigenvalue weighted by atomic mass is 79.9. The Morgan fingerprint density at radius 2 is 2.30 bits per heavy atom. The maximum absolute atomic E-state index is 6.01. The van der Waals surface area contributed by atoms with Gasteiger partial charge in [0.2, 0.25) is 0 Å². The number of hydrogen-bond acceptors (Lipinski definition) is 4. The van der Waals surface area contributed by atoms with Gasteiger partial charge in [0.25, 0.3) is 0 Å². The fourth-order valence-corrected chi connectivity index (χ4v) is 2.54. The number of aryl methyl sites for hydroxylation is 1. The van der Waals surface area contributed by atoms with Crippen molar-refractivity contribution in [3.05, 3.63) is 45.4 Å². The van der Waals surface area contributed by atoms with Crippen LogP contribution < -0.4 is 11.3 Å². The van der Waals surface area contributed by atoms with E-state index in [2.05, 4.69) is 38.4 Å². The highest BCUT2D eigenvalue weighted by Crippen LogP contribution is 2.27. The maximum Gasteiger partial charge on any atom is 0.138 e. The second-order valence-electron chi connectivity index (χ2n) is 4.50. The summed E-state index contributed by atoms with van der Waals surface area (Å²) in [5.41, 5.74) is 3.88. The molecule has 0 aliphatic rings. The van der Waals surface area contributed by atoms with E-state index in [1.165, 1.54) is 0 Å². The van der Waals surface area contributed by atoms with Gasteiger partial charge in [-0.25, -0.2) is 4.98 Å². The molecule has 0 aliphatic carbocycles. The average molecular weight is 359 g/mol. The molecule has 0 spiro atoms. The summed E-state index contributed by atoms with van der Waals surface area (Å²) in [6, 6.07) is 5.73. The van der Waals surface area contributed by atoms with Gasteiger partial charge in [0.05, 0.1) is 11.1 Å². The molecule has 0 bridgehead atoms. The average Bonchev–Trinajstić information content (AvgIpc) is 2.87. The Morgan fingerprint density at radius 3 is 2.95 bits per heavy atom. The summed E-state index contributed by atoms with van der Waals surface area (Å²) in [5, 5.41) is 4.90. The summed E-state index contributed by atoms with van der Waals surface area (Å²) in [7, 11) is 0. The molecule has 0 saturated heterocycles. The van der Waals surface area contributed by atoms with Crippen LogP contribution in [0.3, 0.4) is 0 Å². The van der Waals surface area contributed by atoms with Crippen LogP contribution in [0.5, 0.6) is 0 Å². The van der Waals surface area contributed by atoms with E-state index in [0.29, 0.717) is 11.4 Å². The smallest absolute Gasteiger partial charge is 0.138 e. The molecule has 5 nitrogen and oxygen atoms in total. The maximum atomic E-state index is 6.01. The third kappa shape index (κ3) is 3.58. The molecule has 0 amide bonds. The molecule has 3 N–H and O–H groups in total. The minimum absolute atomic E-state index is 0.0385. The van der Waals surface area contributed by atoms with Gasteiger partial charge in [-0.15, -0.1) is 0 Å². The number of nitrogens with zero attached hydrogens (tertiary/aromatic N) is 3. The van der Waals surface area contributed by atoms with E-state index in [0.717, 1.165) is 28.8 Å². The molecule has 1 atom stereocenters. The van der Waals surface area contributed by atoms with Crippen LogP contribution in [0.15, 0.2) is 29.0 Å². The highest BCUT2D eigenvalue weighted by Gasteiger charge is 2.15. The molecule has 0 fully saturated rings. The van der Waals surface area contributed by atoms with Gasteiger partial charge in [0.1, 0.15) is 12.2 Å². The largest absolute Gasteiger partial charge is 0.271 e. The third-order valence-corrected chi connectivity index (χ3v) is 4.28. The zero-order chi connectivity index (χ0) is 14.5. The molecule has 2 rings (SSSR count). The van der Waals surface area contributed by atoms with Gasteiger partial charge in [-0.3, -0.25) is 16.0 Å². The zero-order valence-electron chi connectivity index (χ0n) is 11.2. The molecule has 7 heteroatoms. The van der Waals surface area contributed by atoms with Gasteiger partial charge in [-0.05, 0) is 40.0 Å². The van der Waals surface area contributed by atoms with Crippen molar-refractivity contribution in [3.8, 4) is 0 Å². The Hall–Kier alpha value is -0.950. The Labute approximate surface area is 131 Å². The van der Waals surface area contributed by atoms with Crippen LogP contribution in [0.2, 0.25) is 5.02 Å². The SMILES string of the molecule is CCCn1ncnc1CC(NN)c1ccc(Cl)c(Br)c1. The Bertz CT molecular complexity index is 572. The van der Waals surface area contributed by atoms with Crippen LogP contribution in [0.1, 0.15) is 30.8 Å². The van der Waals surface area contributed by atoms with Crippen molar-refractivity contribution in [1.29, 1.82) is 0 Å². The normalized spacial score (nSPS) is 12.6. The first kappa shape index (κ1) is 15.4. The van der Waals surface area contributed by atoms with Crippen molar-refractivity contribution in [2.45, 2.75) is 32.4 Å². The van der Waals surface area contributed by atoms with Crippen LogP contribution in [-0.4, -0.2) is 14.8 Å². The minimum Gasteiger partial charge on any atom is -0.271 e. The van der Waals surface area contributed by atoms with Crippen molar-refractivity contribution in [1.82, 2.24) is 20.2 Å². The first-order valence-electron chi connectivity index (χ1n) is 6.43. The van der Waals surface area contributed by atoms with E-state index >= 15 is 0 Å². The number of aromatic nitrogens is 3. The lowest BCUT2D eigenvalue weighted by molar-refractivity contribution is 0.499. The quantitative estimate of drug-likeness (QED) is 0.615. The molecule has 1 heterocycles. The fraction of sp³-hybridized carbons (Fsp3) is 0.385. The molecular weight excluding hydrogens is 342 g/mol. The molecule has 0 saturated carbocycles. The number of hydrazine groups is 1. The Morgan fingerprint density at radius 1 is 1.50 bits per heavy atom. The molecule has 1 unspecified atom stereocenters. The number of hydrogen-bond donors (Lipinski definition) is 2. The number of rotatable bonds is 6. The summed E-state index contributed by atoms with van der Waals surface area (Å²) in [5.74, 6) is 6.60. The van der Waals surface area contributed by atoms with E-state index in [4.69, 9.17) is 17.4 Å². The summed E-state index contributed by atoms with van der Waals surface area (Å²) in [6.45, 7) is 2.97. The third-order valence-electron chi connectivity index (χ3n) is 3.07. The number of benzene rings is 1. The standard InChI is InChI=1S/C13H17BrClN5/c1-2-5-20-13(17-8-18-20)7-12(19-16)9-3-4-11(15)10(14)6-9/h3-4,6,8,12,19H,2,5,7,16H2,1H3. The summed E-state index contributed by atoms with van der Waals surface area (Å²) in [6.07, 6.45) is 3.27. The van der Waals surface area contributed by atoms with Gasteiger partial charge < -0.3 is 0 Å². The number of nitrogens with two attached hydrogens (primary N) is 1. The van der Waals surface area contributed by atoms with E-state index in [9.17, 15) is 0 Å². The topological polar surface area (TPSA) is 68.8 Å². The van der Waals surface area contributed by atoms with Crippen LogP contribution in [0, 0.1) is 0 Å². The van der Waals surface area contributed by atoms with Gasteiger partial charge in [-0.1, -0.05) is 24.6 Å². The second kappa shape index (κ2) is 7.17. The zero-order valence-corrected chi connectivity index (χ0v) is 13.5. The summed E-state index contributed by atoms with van der Waals surface area (Å²) < 4.78 is 2.77. The fourth-order valence-electron chi connectivity index (χ4n) is 2.03. The molecule has 0 radical (unpaired) electrons. The van der Waals surface area contributed by atoms with Crippen molar-refractivity contribution in [2.75, 3.05) is 0 Å². The van der Waals surface area contributed by atoms with Gasteiger partial charge in [0, 0.05) is 17.4 Å². The van der Waals surface area contributed by atoms with Gasteiger partial charge >= 0.3 is 0 Å². The van der Waals surface area contributed by atoms with E-state index in [1.54, 1.807) is 6.33 Å². The molecular formula is C13H17BrClN5. The first-order chi connectivity index (χ1) is 9.65. The van der Waals surface area contributed by atoms with Crippen molar-refractivity contribution in [2.24, 2.45) is 5.84 Å². The molecule has 20 heavy (non-hydrogen) atoms. The molecule has 2 aromatic rings. The lowest BCUT2D eigenvalue weighted by atomic mass is 10.0. The van der Waals surface area contributed by atoms with Crippen LogP contribution >= 0.6 is 27.5 Å². The van der Waals surface area contributed by atoms with Crippen LogP contribution in [0.4, 0.5) is 0 Å². The van der Waals surface area contributed by atoms with E-state index in [1.807, 2.05) is 22.9 Å². The molecule has 108 valence electrons. The van der Waals surface area contributed by atoms with Gasteiger partial charge in [0.15, 0.2) is 0 Å². The number of halogens is 2. The van der Waals surface area contributed by atoms with Gasteiger partial charge in [-0.2, -0.15) is 5.10 Å². The molecule has 0 aliphatic heterocycles. The summed E-state index contributed by atoms with van der Waals surface area (Å²) >= 11 is 9.44. The highest BCUT2D eigenvalue weighted by molar-refractivity contribution is 9.10. The monoisotopic (exact) mass is 357 g/mol. The summed E-state index contributed by atoms with van der Waals surface area (Å²) in [4.78, 5) is 4.31. The molecule has 1 aromatic heterocycles. The van der Waals surface area contributed by atoms with Crippen molar-refractivity contribution < 1.29 is 0 Å². The Balaban J connectivity index is 2.19. The molecule has 1 aromatic carbocycles. The van der Waals surface area contributed by atoms with Crippen LogP contribution in [0.25, 0.3) is 0 Å². The lowest BCUT2D eigenvalue weighted by Gasteiger charge is -2.17. The Kier molecular flexibility index (Phi) is 5.54. The second-order valence-corrected chi connectivity index (χ2v) is 5.76. The predicted octanol–water partition coefficient (Wildman–Crippen LogP) is 2.85. The van der Waals surface area contributed by atoms with E-state index < -0.39 is 0 Å². The van der Waals surface area contributed by atoms with Crippen molar-refractivity contribution >= 4 is 27.5 Å².